The summed E-state index contributed by atoms with van der Waals surface area (Å²) in [4.78, 5) is 17.0. The largest absolute Gasteiger partial charge is 0.506 e. The van der Waals surface area contributed by atoms with Crippen LogP contribution in [0.4, 0.5) is 5.69 Å². The van der Waals surface area contributed by atoms with E-state index >= 15 is 0 Å². The van der Waals surface area contributed by atoms with Gasteiger partial charge in [0.2, 0.25) is 0 Å². The molecule has 0 saturated heterocycles. The lowest BCUT2D eigenvalue weighted by Crippen LogP contribution is -2.10. The van der Waals surface area contributed by atoms with E-state index in [1.165, 1.54) is 20.3 Å². The van der Waals surface area contributed by atoms with E-state index in [-0.39, 0.29) is 17.1 Å². The van der Waals surface area contributed by atoms with Gasteiger partial charge in [-0.25, -0.2) is 9.79 Å². The Balaban J connectivity index is 2.03. The molecule has 0 fully saturated rings. The first kappa shape index (κ1) is 19.9. The van der Waals surface area contributed by atoms with Gasteiger partial charge in [-0.2, -0.15) is 0 Å². The van der Waals surface area contributed by atoms with E-state index in [0.717, 1.165) is 11.8 Å². The monoisotopic (exact) mass is 417 g/mol. The van der Waals surface area contributed by atoms with Crippen LogP contribution in [-0.2, 0) is 9.53 Å². The van der Waals surface area contributed by atoms with E-state index in [2.05, 4.69) is 4.99 Å². The highest BCUT2D eigenvalue weighted by Crippen LogP contribution is 2.40. The highest BCUT2D eigenvalue weighted by molar-refractivity contribution is 8.18. The van der Waals surface area contributed by atoms with Crippen molar-refractivity contribution in [2.45, 2.75) is 0 Å². The number of rotatable bonds is 4. The molecule has 1 aliphatic rings. The standard InChI is InChI=1S/C20H16ClNO5S/c1-26-15-9-11(3-8-14(15)23)10-16-18(24)17(20(25)27-2)19(28-16)22-13-6-4-12(21)5-7-13/h3-10,23-24H,1-2H3/b16-10+,22-19?. The van der Waals surface area contributed by atoms with E-state index in [4.69, 9.17) is 21.1 Å². The van der Waals surface area contributed by atoms with Crippen molar-refractivity contribution in [3.63, 3.8) is 0 Å². The van der Waals surface area contributed by atoms with Crippen LogP contribution in [0.3, 0.4) is 0 Å². The maximum Gasteiger partial charge on any atom is 0.344 e. The molecule has 2 aromatic carbocycles. The van der Waals surface area contributed by atoms with Gasteiger partial charge in [0, 0.05) is 5.02 Å². The Bertz CT molecular complexity index is 1010. The van der Waals surface area contributed by atoms with Crippen molar-refractivity contribution in [3.8, 4) is 11.5 Å². The molecule has 1 aliphatic heterocycles. The van der Waals surface area contributed by atoms with E-state index in [1.54, 1.807) is 42.5 Å². The first-order valence-corrected chi connectivity index (χ1v) is 9.25. The lowest BCUT2D eigenvalue weighted by molar-refractivity contribution is -0.135. The van der Waals surface area contributed by atoms with Crippen molar-refractivity contribution in [3.05, 3.63) is 69.3 Å². The fourth-order valence-corrected chi connectivity index (χ4v) is 3.62. The Morgan fingerprint density at radius 2 is 1.86 bits per heavy atom. The van der Waals surface area contributed by atoms with Crippen LogP contribution < -0.4 is 4.74 Å². The molecule has 0 aliphatic carbocycles. The Hall–Kier alpha value is -2.90. The number of carbonyl (C=O) groups excluding carboxylic acids is 1. The lowest BCUT2D eigenvalue weighted by atomic mass is 10.1. The summed E-state index contributed by atoms with van der Waals surface area (Å²) < 4.78 is 9.88. The summed E-state index contributed by atoms with van der Waals surface area (Å²) in [6.45, 7) is 0. The predicted octanol–water partition coefficient (Wildman–Crippen LogP) is 4.86. The number of aliphatic imine (C=N–C) groups is 1. The van der Waals surface area contributed by atoms with Crippen molar-refractivity contribution in [2.75, 3.05) is 14.2 Å². The number of aromatic hydroxyl groups is 1. The molecule has 0 saturated carbocycles. The zero-order valence-electron chi connectivity index (χ0n) is 15.0. The molecule has 3 rings (SSSR count). The van der Waals surface area contributed by atoms with E-state index in [0.29, 0.717) is 32.0 Å². The van der Waals surface area contributed by atoms with Gasteiger partial charge < -0.3 is 19.7 Å². The van der Waals surface area contributed by atoms with Gasteiger partial charge in [-0.05, 0) is 48.0 Å². The van der Waals surface area contributed by atoms with Gasteiger partial charge in [0.05, 0.1) is 24.8 Å². The molecule has 28 heavy (non-hydrogen) atoms. The second kappa shape index (κ2) is 8.41. The molecule has 0 amide bonds. The number of aliphatic hydroxyl groups is 1. The number of thioether (sulfide) groups is 1. The summed E-state index contributed by atoms with van der Waals surface area (Å²) in [5.41, 5.74) is 1.23. The van der Waals surface area contributed by atoms with Crippen LogP contribution in [0.15, 0.2) is 63.7 Å². The van der Waals surface area contributed by atoms with Crippen molar-refractivity contribution in [1.29, 1.82) is 0 Å². The molecule has 144 valence electrons. The van der Waals surface area contributed by atoms with Gasteiger partial charge in [0.25, 0.3) is 0 Å². The Labute approximate surface area is 170 Å². The summed E-state index contributed by atoms with van der Waals surface area (Å²) in [5, 5.41) is 21.2. The summed E-state index contributed by atoms with van der Waals surface area (Å²) in [5.74, 6) is -0.617. The van der Waals surface area contributed by atoms with E-state index in [9.17, 15) is 15.0 Å². The zero-order valence-corrected chi connectivity index (χ0v) is 16.5. The number of aliphatic hydroxyl groups excluding tert-OH is 1. The number of carbonyl (C=O) groups is 1. The fourth-order valence-electron chi connectivity index (χ4n) is 2.46. The Morgan fingerprint density at radius 1 is 1.14 bits per heavy atom. The number of ether oxygens (including phenoxy) is 2. The maximum atomic E-state index is 12.2. The SMILES string of the molecule is COC(=O)C1=C(O)/C(=C\c2ccc(O)c(OC)c2)SC1=Nc1ccc(Cl)cc1. The third-order valence-corrected chi connectivity index (χ3v) is 5.11. The normalized spacial score (nSPS) is 16.7. The summed E-state index contributed by atoms with van der Waals surface area (Å²) in [7, 11) is 2.68. The minimum atomic E-state index is -0.690. The van der Waals surface area contributed by atoms with E-state index in [1.807, 2.05) is 0 Å². The van der Waals surface area contributed by atoms with Crippen LogP contribution >= 0.6 is 23.4 Å². The first-order chi connectivity index (χ1) is 13.4. The van der Waals surface area contributed by atoms with Crippen molar-refractivity contribution in [2.24, 2.45) is 4.99 Å². The minimum absolute atomic E-state index is 0.00345. The molecule has 1 heterocycles. The van der Waals surface area contributed by atoms with Crippen molar-refractivity contribution >= 4 is 46.1 Å². The van der Waals surface area contributed by atoms with Gasteiger partial charge in [0.1, 0.15) is 16.4 Å². The average Bonchev–Trinajstić information content (AvgIpc) is 2.99. The molecule has 0 bridgehead atoms. The van der Waals surface area contributed by atoms with E-state index < -0.39 is 5.97 Å². The number of esters is 1. The highest BCUT2D eigenvalue weighted by atomic mass is 35.5. The number of methoxy groups -OCH3 is 2. The van der Waals surface area contributed by atoms with Crippen LogP contribution in [0, 0.1) is 0 Å². The molecule has 0 spiro atoms. The summed E-state index contributed by atoms with van der Waals surface area (Å²) in [6.07, 6.45) is 1.66. The first-order valence-electron chi connectivity index (χ1n) is 8.06. The molecule has 2 aromatic rings. The third-order valence-electron chi connectivity index (χ3n) is 3.84. The minimum Gasteiger partial charge on any atom is -0.506 e. The van der Waals surface area contributed by atoms with Gasteiger partial charge >= 0.3 is 5.97 Å². The van der Waals surface area contributed by atoms with Crippen LogP contribution in [0.1, 0.15) is 5.56 Å². The highest BCUT2D eigenvalue weighted by Gasteiger charge is 2.33. The smallest absolute Gasteiger partial charge is 0.344 e. The topological polar surface area (TPSA) is 88.4 Å². The number of benzene rings is 2. The molecule has 8 heteroatoms. The molecule has 2 N–H and O–H groups in total. The second-order valence-corrected chi connectivity index (χ2v) is 7.12. The molecule has 0 atom stereocenters. The van der Waals surface area contributed by atoms with Crippen LogP contribution in [0.25, 0.3) is 6.08 Å². The van der Waals surface area contributed by atoms with Crippen molar-refractivity contribution in [1.82, 2.24) is 0 Å². The van der Waals surface area contributed by atoms with Crippen LogP contribution in [0.2, 0.25) is 5.02 Å². The molecule has 0 radical (unpaired) electrons. The maximum absolute atomic E-state index is 12.2. The quantitative estimate of drug-likeness (QED) is 0.691. The molecular formula is C20H16ClNO5S. The van der Waals surface area contributed by atoms with Gasteiger partial charge in [0.15, 0.2) is 11.5 Å². The summed E-state index contributed by atoms with van der Waals surface area (Å²) in [6, 6.07) is 11.5. The lowest BCUT2D eigenvalue weighted by Gasteiger charge is -2.04. The van der Waals surface area contributed by atoms with Gasteiger partial charge in [-0.1, -0.05) is 29.4 Å². The third kappa shape index (κ3) is 4.16. The number of hydrogen-bond acceptors (Lipinski definition) is 7. The average molecular weight is 418 g/mol. The van der Waals surface area contributed by atoms with Crippen LogP contribution in [-0.4, -0.2) is 35.4 Å². The van der Waals surface area contributed by atoms with Gasteiger partial charge in [-0.3, -0.25) is 0 Å². The molecular weight excluding hydrogens is 402 g/mol. The number of nitrogens with zero attached hydrogens (tertiary/aromatic N) is 1. The number of phenols is 1. The van der Waals surface area contributed by atoms with Gasteiger partial charge in [-0.15, -0.1) is 0 Å². The summed E-state index contributed by atoms with van der Waals surface area (Å²) >= 11 is 7.02. The van der Waals surface area contributed by atoms with Crippen LogP contribution in [0.5, 0.6) is 11.5 Å². The Morgan fingerprint density at radius 3 is 2.50 bits per heavy atom. The predicted molar refractivity (Wildman–Crippen MR) is 110 cm³/mol. The Kier molecular flexibility index (Phi) is 5.96. The molecule has 0 unspecified atom stereocenters. The number of hydrogen-bond donors (Lipinski definition) is 2. The number of phenolic OH excluding ortho intramolecular Hbond substituents is 1. The second-order valence-electron chi connectivity index (χ2n) is 5.65. The number of halogens is 1. The zero-order chi connectivity index (χ0) is 20.3. The fraction of sp³-hybridized carbons (Fsp3) is 0.100. The van der Waals surface area contributed by atoms with Crippen molar-refractivity contribution < 1.29 is 24.5 Å². The molecule has 6 nitrogen and oxygen atoms in total. The molecule has 0 aromatic heterocycles.